The molecule has 0 N–H and O–H groups in total. The van der Waals surface area contributed by atoms with Crippen molar-refractivity contribution in [2.45, 2.75) is 19.6 Å². The molecule has 0 saturated heterocycles. The molecule has 0 aromatic heterocycles. The van der Waals surface area contributed by atoms with E-state index in [4.69, 9.17) is 9.47 Å². The number of rotatable bonds is 3. The molecule has 0 bridgehead atoms. The van der Waals surface area contributed by atoms with Gasteiger partial charge in [0.15, 0.2) is 6.29 Å². The lowest BCUT2D eigenvalue weighted by atomic mass is 10.5. The van der Waals surface area contributed by atoms with Crippen LogP contribution in [0.2, 0.25) is 0 Å². The van der Waals surface area contributed by atoms with Crippen molar-refractivity contribution in [3.8, 4) is 0 Å². The van der Waals surface area contributed by atoms with Gasteiger partial charge in [0, 0.05) is 14.2 Å². The standard InChI is InChI=1S/C5H12O2.ClH/c1-4-5(6-2)7-3;/h5H,4H2,1-3H3;1H. The highest BCUT2D eigenvalue weighted by Gasteiger charge is 1.96. The van der Waals surface area contributed by atoms with Crippen LogP contribution in [-0.4, -0.2) is 20.5 Å². The van der Waals surface area contributed by atoms with E-state index in [-0.39, 0.29) is 18.7 Å². The summed E-state index contributed by atoms with van der Waals surface area (Å²) in [6.45, 7) is 2.01. The van der Waals surface area contributed by atoms with Crippen LogP contribution in [0.3, 0.4) is 0 Å². The van der Waals surface area contributed by atoms with Crippen molar-refractivity contribution < 1.29 is 9.47 Å². The van der Waals surface area contributed by atoms with Gasteiger partial charge < -0.3 is 9.47 Å². The highest BCUT2D eigenvalue weighted by atomic mass is 35.5. The molecule has 0 saturated carbocycles. The topological polar surface area (TPSA) is 18.5 Å². The summed E-state index contributed by atoms with van der Waals surface area (Å²) in [6.07, 6.45) is 0.896. The van der Waals surface area contributed by atoms with Crippen molar-refractivity contribution in [1.29, 1.82) is 0 Å². The smallest absolute Gasteiger partial charge is 0.156 e. The Morgan fingerprint density at radius 2 is 1.62 bits per heavy atom. The van der Waals surface area contributed by atoms with E-state index in [0.29, 0.717) is 0 Å². The molecule has 8 heavy (non-hydrogen) atoms. The van der Waals surface area contributed by atoms with Gasteiger partial charge in [-0.15, -0.1) is 12.4 Å². The van der Waals surface area contributed by atoms with E-state index >= 15 is 0 Å². The van der Waals surface area contributed by atoms with Crippen molar-refractivity contribution in [3.05, 3.63) is 0 Å². The van der Waals surface area contributed by atoms with Gasteiger partial charge in [-0.1, -0.05) is 6.92 Å². The van der Waals surface area contributed by atoms with Gasteiger partial charge in [0.1, 0.15) is 0 Å². The molecule has 0 fully saturated rings. The lowest BCUT2D eigenvalue weighted by Gasteiger charge is -2.08. The van der Waals surface area contributed by atoms with E-state index in [9.17, 15) is 0 Å². The molecular formula is C5H13ClO2. The van der Waals surface area contributed by atoms with Crippen LogP contribution in [0.5, 0.6) is 0 Å². The fraction of sp³-hybridized carbons (Fsp3) is 1.00. The van der Waals surface area contributed by atoms with E-state index < -0.39 is 0 Å². The Morgan fingerprint density at radius 1 is 1.25 bits per heavy atom. The predicted molar refractivity (Wildman–Crippen MR) is 35.3 cm³/mol. The maximum atomic E-state index is 4.83. The van der Waals surface area contributed by atoms with E-state index in [0.717, 1.165) is 6.42 Å². The Balaban J connectivity index is 0. The fourth-order valence-corrected chi connectivity index (χ4v) is 0.430. The van der Waals surface area contributed by atoms with E-state index in [2.05, 4.69) is 0 Å². The summed E-state index contributed by atoms with van der Waals surface area (Å²) in [6, 6.07) is 0. The molecule has 52 valence electrons. The zero-order chi connectivity index (χ0) is 5.70. The van der Waals surface area contributed by atoms with Crippen LogP contribution in [0.1, 0.15) is 13.3 Å². The quantitative estimate of drug-likeness (QED) is 0.553. The summed E-state index contributed by atoms with van der Waals surface area (Å²) < 4.78 is 9.65. The molecule has 0 heterocycles. The molecule has 0 aliphatic carbocycles. The molecule has 0 aromatic carbocycles. The highest BCUT2D eigenvalue weighted by molar-refractivity contribution is 5.85. The highest BCUT2D eigenvalue weighted by Crippen LogP contribution is 1.93. The Kier molecular flexibility index (Phi) is 9.97. The SMILES string of the molecule is CCC(OC)OC.Cl. The normalized spacial score (nSPS) is 9.00. The van der Waals surface area contributed by atoms with Crippen molar-refractivity contribution in [1.82, 2.24) is 0 Å². The van der Waals surface area contributed by atoms with Gasteiger partial charge in [-0.3, -0.25) is 0 Å². The number of methoxy groups -OCH3 is 2. The first-order valence-corrected chi connectivity index (χ1v) is 2.40. The largest absolute Gasteiger partial charge is 0.356 e. The Morgan fingerprint density at radius 3 is 1.62 bits per heavy atom. The zero-order valence-corrected chi connectivity index (χ0v) is 6.33. The zero-order valence-electron chi connectivity index (χ0n) is 5.51. The van der Waals surface area contributed by atoms with Gasteiger partial charge in [0.25, 0.3) is 0 Å². The molecular weight excluding hydrogens is 128 g/mol. The minimum absolute atomic E-state index is 0. The summed E-state index contributed by atoms with van der Waals surface area (Å²) in [5, 5.41) is 0. The molecule has 0 unspecified atom stereocenters. The second-order valence-corrected chi connectivity index (χ2v) is 1.31. The number of halogens is 1. The van der Waals surface area contributed by atoms with Crippen LogP contribution in [0.25, 0.3) is 0 Å². The van der Waals surface area contributed by atoms with Crippen molar-refractivity contribution >= 4 is 12.4 Å². The van der Waals surface area contributed by atoms with Crippen molar-refractivity contribution in [3.63, 3.8) is 0 Å². The van der Waals surface area contributed by atoms with Gasteiger partial charge in [0.2, 0.25) is 0 Å². The summed E-state index contributed by atoms with van der Waals surface area (Å²) in [7, 11) is 3.27. The van der Waals surface area contributed by atoms with Crippen LogP contribution in [0.4, 0.5) is 0 Å². The van der Waals surface area contributed by atoms with E-state index in [1.54, 1.807) is 14.2 Å². The van der Waals surface area contributed by atoms with Gasteiger partial charge in [-0.25, -0.2) is 0 Å². The molecule has 3 heteroatoms. The second-order valence-electron chi connectivity index (χ2n) is 1.31. The minimum Gasteiger partial charge on any atom is -0.356 e. The van der Waals surface area contributed by atoms with Crippen LogP contribution in [0.15, 0.2) is 0 Å². The van der Waals surface area contributed by atoms with Crippen LogP contribution in [0, 0.1) is 0 Å². The lowest BCUT2D eigenvalue weighted by molar-refractivity contribution is -0.103. The number of ether oxygens (including phenoxy) is 2. The number of hydrogen-bond acceptors (Lipinski definition) is 2. The average Bonchev–Trinajstić information content (AvgIpc) is 1.72. The van der Waals surface area contributed by atoms with Gasteiger partial charge in [0.05, 0.1) is 0 Å². The van der Waals surface area contributed by atoms with Crippen LogP contribution >= 0.6 is 12.4 Å². The fourth-order valence-electron chi connectivity index (χ4n) is 0.430. The average molecular weight is 141 g/mol. The monoisotopic (exact) mass is 140 g/mol. The van der Waals surface area contributed by atoms with Crippen LogP contribution in [-0.2, 0) is 9.47 Å². The summed E-state index contributed by atoms with van der Waals surface area (Å²) >= 11 is 0. The number of hydrogen-bond donors (Lipinski definition) is 0. The molecule has 0 spiro atoms. The molecule has 0 aliphatic rings. The first-order valence-electron chi connectivity index (χ1n) is 2.40. The van der Waals surface area contributed by atoms with Crippen LogP contribution < -0.4 is 0 Å². The van der Waals surface area contributed by atoms with Gasteiger partial charge in [-0.2, -0.15) is 0 Å². The molecule has 0 radical (unpaired) electrons. The summed E-state index contributed by atoms with van der Waals surface area (Å²) in [5.74, 6) is 0. The molecule has 2 nitrogen and oxygen atoms in total. The summed E-state index contributed by atoms with van der Waals surface area (Å²) in [4.78, 5) is 0. The molecule has 0 aromatic rings. The molecule has 0 atom stereocenters. The summed E-state index contributed by atoms with van der Waals surface area (Å²) in [5.41, 5.74) is 0. The van der Waals surface area contributed by atoms with E-state index in [1.807, 2.05) is 6.92 Å². The van der Waals surface area contributed by atoms with Crippen molar-refractivity contribution in [2.24, 2.45) is 0 Å². The van der Waals surface area contributed by atoms with Crippen molar-refractivity contribution in [2.75, 3.05) is 14.2 Å². The van der Waals surface area contributed by atoms with Gasteiger partial charge in [-0.05, 0) is 6.42 Å². The third-order valence-electron chi connectivity index (χ3n) is 0.859. The Bertz CT molecular complexity index is 31.9. The Hall–Kier alpha value is 0.210. The maximum absolute atomic E-state index is 4.83. The lowest BCUT2D eigenvalue weighted by Crippen LogP contribution is -2.10. The molecule has 0 rings (SSSR count). The first-order chi connectivity index (χ1) is 3.35. The van der Waals surface area contributed by atoms with Gasteiger partial charge >= 0.3 is 0 Å². The third kappa shape index (κ3) is 4.37. The molecule has 0 aliphatic heterocycles. The second kappa shape index (κ2) is 7.21. The maximum Gasteiger partial charge on any atom is 0.156 e. The minimum atomic E-state index is -0.0139. The first kappa shape index (κ1) is 11.1. The molecule has 0 amide bonds. The van der Waals surface area contributed by atoms with E-state index in [1.165, 1.54) is 0 Å². The Labute approximate surface area is 56.6 Å². The predicted octanol–water partition coefficient (Wildman–Crippen LogP) is 1.44. The third-order valence-corrected chi connectivity index (χ3v) is 0.859.